The second-order valence-electron chi connectivity index (χ2n) is 15.5. The van der Waals surface area contributed by atoms with Gasteiger partial charge in [-0.25, -0.2) is 0 Å². The van der Waals surface area contributed by atoms with Crippen molar-refractivity contribution in [1.29, 1.82) is 0 Å². The summed E-state index contributed by atoms with van der Waals surface area (Å²) in [4.78, 5) is 0. The molecule has 0 amide bonds. The first-order valence-electron chi connectivity index (χ1n) is 21.6. The molecule has 2 aliphatic rings. The first-order chi connectivity index (χ1) is 30.6. The molecule has 0 saturated carbocycles. The Morgan fingerprint density at radius 2 is 0.839 bits per heavy atom. The number of benzene rings is 5. The Morgan fingerprint density at radius 3 is 1.29 bits per heavy atom. The summed E-state index contributed by atoms with van der Waals surface area (Å²) in [6, 6.07) is 49.7. The zero-order valence-corrected chi connectivity index (χ0v) is 35.6. The highest BCUT2D eigenvalue weighted by atomic mass is 16.8. The maximum absolute atomic E-state index is 11.9. The molecule has 0 spiro atoms. The van der Waals surface area contributed by atoms with Crippen LogP contribution in [0.5, 0.6) is 0 Å². The molecule has 1 N–H and O–H groups in total. The van der Waals surface area contributed by atoms with Gasteiger partial charge in [0.2, 0.25) is 0 Å². The molecule has 5 aromatic carbocycles. The van der Waals surface area contributed by atoms with Gasteiger partial charge in [0, 0.05) is 13.7 Å². The maximum Gasteiger partial charge on any atom is 0.187 e. The van der Waals surface area contributed by atoms with Crippen molar-refractivity contribution in [3.8, 4) is 0 Å². The van der Waals surface area contributed by atoms with Gasteiger partial charge in [0.15, 0.2) is 12.6 Å². The predicted octanol–water partition coefficient (Wildman–Crippen LogP) is 7.81. The van der Waals surface area contributed by atoms with E-state index in [2.05, 4.69) is 0 Å². The smallest absolute Gasteiger partial charge is 0.187 e. The van der Waals surface area contributed by atoms with Crippen LogP contribution in [0, 0.1) is 0 Å². The van der Waals surface area contributed by atoms with Crippen molar-refractivity contribution in [2.45, 2.75) is 108 Å². The second kappa shape index (κ2) is 24.5. The van der Waals surface area contributed by atoms with Crippen LogP contribution in [0.25, 0.3) is 0 Å². The Kier molecular flexibility index (Phi) is 18.0. The van der Waals surface area contributed by atoms with Gasteiger partial charge < -0.3 is 52.5 Å². The molecule has 0 radical (unpaired) electrons. The molecule has 10 unspecified atom stereocenters. The molecule has 11 heteroatoms. The van der Waals surface area contributed by atoms with Gasteiger partial charge in [-0.15, -0.1) is 0 Å². The van der Waals surface area contributed by atoms with E-state index in [1.165, 1.54) is 0 Å². The molecule has 0 aliphatic carbocycles. The monoisotopic (exact) mass is 848 g/mol. The van der Waals surface area contributed by atoms with Crippen molar-refractivity contribution in [2.24, 2.45) is 0 Å². The molecule has 2 aliphatic heterocycles. The summed E-state index contributed by atoms with van der Waals surface area (Å²) in [6.45, 7) is 4.14. The Bertz CT molecular complexity index is 1940. The third-order valence-corrected chi connectivity index (χ3v) is 10.9. The molecule has 330 valence electrons. The second-order valence-corrected chi connectivity index (χ2v) is 15.5. The minimum atomic E-state index is -1.13. The van der Waals surface area contributed by atoms with Crippen LogP contribution in [0.4, 0.5) is 0 Å². The summed E-state index contributed by atoms with van der Waals surface area (Å²) < 4.78 is 65.8. The molecule has 2 fully saturated rings. The zero-order chi connectivity index (χ0) is 42.8. The van der Waals surface area contributed by atoms with E-state index in [0.717, 1.165) is 27.8 Å². The quantitative estimate of drug-likeness (QED) is 0.0695. The van der Waals surface area contributed by atoms with Crippen LogP contribution in [-0.2, 0) is 80.4 Å². The Hall–Kier alpha value is -4.34. The van der Waals surface area contributed by atoms with Crippen LogP contribution in [-0.4, -0.2) is 93.4 Å². The highest BCUT2D eigenvalue weighted by molar-refractivity contribution is 5.17. The average Bonchev–Trinajstić information content (AvgIpc) is 3.32. The number of rotatable bonds is 23. The van der Waals surface area contributed by atoms with Crippen LogP contribution >= 0.6 is 0 Å². The Labute approximate surface area is 365 Å². The van der Waals surface area contributed by atoms with E-state index in [9.17, 15) is 5.11 Å². The van der Waals surface area contributed by atoms with Gasteiger partial charge in [0.05, 0.1) is 46.2 Å². The zero-order valence-electron chi connectivity index (χ0n) is 35.6. The van der Waals surface area contributed by atoms with Crippen LogP contribution in [0.3, 0.4) is 0 Å². The SMILES string of the molecule is CCCOC1C(O)C(COCc2ccccc2)OC(OC)C1OC1OC(COCc2ccccc2)C(OCc2ccccc2)C(OCc2ccccc2)C1OCc1ccccc1. The molecule has 10 atom stereocenters. The van der Waals surface area contributed by atoms with Crippen LogP contribution in [0.2, 0.25) is 0 Å². The number of aliphatic hydroxyl groups is 1. The van der Waals surface area contributed by atoms with Gasteiger partial charge in [0.1, 0.15) is 48.8 Å². The fourth-order valence-electron chi connectivity index (χ4n) is 7.69. The van der Waals surface area contributed by atoms with Crippen LogP contribution in [0.15, 0.2) is 152 Å². The molecule has 0 aromatic heterocycles. The molecule has 62 heavy (non-hydrogen) atoms. The summed E-state index contributed by atoms with van der Waals surface area (Å²) in [5, 5.41) is 11.9. The van der Waals surface area contributed by atoms with Crippen molar-refractivity contribution in [2.75, 3.05) is 26.9 Å². The normalized spacial score (nSPS) is 26.3. The maximum atomic E-state index is 11.9. The lowest BCUT2D eigenvalue weighted by Gasteiger charge is -2.49. The first kappa shape index (κ1) is 45.7. The summed E-state index contributed by atoms with van der Waals surface area (Å²) in [6.07, 6.45) is -7.99. The molecular weight excluding hydrogens is 789 g/mol. The van der Waals surface area contributed by atoms with Gasteiger partial charge >= 0.3 is 0 Å². The van der Waals surface area contributed by atoms with E-state index in [1.807, 2.05) is 159 Å². The molecular formula is C51H60O11. The number of ether oxygens (including phenoxy) is 10. The van der Waals surface area contributed by atoms with Crippen molar-refractivity contribution in [3.63, 3.8) is 0 Å². The van der Waals surface area contributed by atoms with E-state index >= 15 is 0 Å². The molecule has 7 rings (SSSR count). The number of hydrogen-bond donors (Lipinski definition) is 1. The highest BCUT2D eigenvalue weighted by Gasteiger charge is 2.54. The lowest BCUT2D eigenvalue weighted by molar-refractivity contribution is -0.378. The van der Waals surface area contributed by atoms with Gasteiger partial charge in [-0.05, 0) is 34.2 Å². The fraction of sp³-hybridized carbons (Fsp3) is 0.412. The molecule has 5 aromatic rings. The fourth-order valence-corrected chi connectivity index (χ4v) is 7.69. The minimum Gasteiger partial charge on any atom is -0.387 e. The Balaban J connectivity index is 1.20. The largest absolute Gasteiger partial charge is 0.387 e. The minimum absolute atomic E-state index is 0.105. The van der Waals surface area contributed by atoms with Gasteiger partial charge in [-0.1, -0.05) is 159 Å². The average molecular weight is 849 g/mol. The summed E-state index contributed by atoms with van der Waals surface area (Å²) in [5.41, 5.74) is 4.96. The van der Waals surface area contributed by atoms with Crippen molar-refractivity contribution in [1.82, 2.24) is 0 Å². The lowest BCUT2D eigenvalue weighted by Crippen LogP contribution is -2.66. The predicted molar refractivity (Wildman–Crippen MR) is 232 cm³/mol. The van der Waals surface area contributed by atoms with E-state index < -0.39 is 61.4 Å². The van der Waals surface area contributed by atoms with Gasteiger partial charge in [0.25, 0.3) is 0 Å². The number of hydrogen-bond acceptors (Lipinski definition) is 11. The summed E-state index contributed by atoms with van der Waals surface area (Å²) in [5.74, 6) is 0. The topological polar surface area (TPSA) is 113 Å². The highest BCUT2D eigenvalue weighted by Crippen LogP contribution is 2.35. The van der Waals surface area contributed by atoms with E-state index in [1.54, 1.807) is 7.11 Å². The molecule has 0 bridgehead atoms. The summed E-state index contributed by atoms with van der Waals surface area (Å²) in [7, 11) is 1.54. The standard InChI is InChI=1S/C51H60O11/c1-3-29-56-46-44(52)42(35-54-30-37-19-9-4-10-20-37)60-50(53-2)49(46)62-51-48(59-34-41-27-17-8-18-28-41)47(58-33-40-25-15-7-16-26-40)45(57-32-39-23-13-6-14-24-39)43(61-51)36-55-31-38-21-11-5-12-22-38/h4-28,42-52H,3,29-36H2,1-2H3. The van der Waals surface area contributed by atoms with Gasteiger partial charge in [-0.2, -0.15) is 0 Å². The van der Waals surface area contributed by atoms with Crippen molar-refractivity contribution < 1.29 is 52.5 Å². The van der Waals surface area contributed by atoms with Crippen molar-refractivity contribution in [3.05, 3.63) is 179 Å². The Morgan fingerprint density at radius 1 is 0.435 bits per heavy atom. The van der Waals surface area contributed by atoms with Gasteiger partial charge in [-0.3, -0.25) is 0 Å². The third kappa shape index (κ3) is 13.1. The first-order valence-corrected chi connectivity index (χ1v) is 21.6. The van der Waals surface area contributed by atoms with E-state index in [-0.39, 0.29) is 26.4 Å². The number of aliphatic hydroxyl groups excluding tert-OH is 1. The molecule has 11 nitrogen and oxygen atoms in total. The lowest BCUT2D eigenvalue weighted by atomic mass is 9.96. The van der Waals surface area contributed by atoms with Crippen LogP contribution in [0.1, 0.15) is 41.2 Å². The van der Waals surface area contributed by atoms with Crippen LogP contribution < -0.4 is 0 Å². The summed E-state index contributed by atoms with van der Waals surface area (Å²) >= 11 is 0. The number of methoxy groups -OCH3 is 1. The third-order valence-electron chi connectivity index (χ3n) is 10.9. The molecule has 2 saturated heterocycles. The van der Waals surface area contributed by atoms with Crippen molar-refractivity contribution >= 4 is 0 Å². The van der Waals surface area contributed by atoms with E-state index in [0.29, 0.717) is 32.8 Å². The molecule has 2 heterocycles. The van der Waals surface area contributed by atoms with E-state index in [4.69, 9.17) is 47.4 Å².